The van der Waals surface area contributed by atoms with Crippen molar-refractivity contribution in [3.05, 3.63) is 45.3 Å². The highest BCUT2D eigenvalue weighted by atomic mass is 31.0. The fourth-order valence-corrected chi connectivity index (χ4v) is 4.40. The summed E-state index contributed by atoms with van der Waals surface area (Å²) in [5, 5.41) is 12.1. The van der Waals surface area contributed by atoms with Crippen LogP contribution in [0.4, 0.5) is 14.5 Å². The molecule has 166 valence electrons. The van der Waals surface area contributed by atoms with E-state index >= 15 is 4.39 Å². The summed E-state index contributed by atoms with van der Waals surface area (Å²) >= 11 is 0. The average Bonchev–Trinajstić information content (AvgIpc) is 3.58. The average molecular weight is 451 g/mol. The first kappa shape index (κ1) is 21.7. The van der Waals surface area contributed by atoms with Crippen molar-refractivity contribution in [2.75, 3.05) is 31.6 Å². The first-order valence-electron chi connectivity index (χ1n) is 10.1. The van der Waals surface area contributed by atoms with Crippen molar-refractivity contribution in [3.63, 3.8) is 0 Å². The number of piperidine rings is 1. The molecule has 1 unspecified atom stereocenters. The maximum absolute atomic E-state index is 15.3. The van der Waals surface area contributed by atoms with E-state index in [2.05, 4.69) is 14.5 Å². The number of carbonyl (C=O) groups is 1. The highest BCUT2D eigenvalue weighted by molar-refractivity contribution is 7.13. The molecule has 1 aliphatic carbocycles. The molecule has 1 aliphatic heterocycles. The van der Waals surface area contributed by atoms with E-state index in [1.54, 1.807) is 9.47 Å². The quantitative estimate of drug-likeness (QED) is 0.656. The third-order valence-corrected chi connectivity index (χ3v) is 6.02. The molecular weight excluding hydrogens is 427 g/mol. The minimum atomic E-state index is -1.35. The van der Waals surface area contributed by atoms with Crippen molar-refractivity contribution in [1.82, 2.24) is 9.65 Å². The van der Waals surface area contributed by atoms with Crippen LogP contribution < -0.4 is 20.2 Å². The van der Waals surface area contributed by atoms with Gasteiger partial charge in [-0.25, -0.2) is 13.6 Å². The highest BCUT2D eigenvalue weighted by Crippen LogP contribution is 2.44. The molecular formula is C21H24F2N3O4P. The summed E-state index contributed by atoms with van der Waals surface area (Å²) in [5.41, 5.74) is -0.0254. The lowest BCUT2D eigenvalue weighted by Gasteiger charge is -2.33. The molecule has 7 nitrogen and oxygen atoms in total. The molecule has 1 saturated heterocycles. The number of methoxy groups -OCH3 is 1. The highest BCUT2D eigenvalue weighted by Gasteiger charge is 2.32. The van der Waals surface area contributed by atoms with Gasteiger partial charge in [-0.2, -0.15) is 0 Å². The van der Waals surface area contributed by atoms with Gasteiger partial charge in [0.15, 0.2) is 11.6 Å². The van der Waals surface area contributed by atoms with Gasteiger partial charge in [-0.1, -0.05) is 9.39 Å². The summed E-state index contributed by atoms with van der Waals surface area (Å²) in [5.74, 6) is -2.16. The maximum Gasteiger partial charge on any atom is 0.341 e. The summed E-state index contributed by atoms with van der Waals surface area (Å²) in [6.07, 6.45) is 4.21. The lowest BCUT2D eigenvalue weighted by Crippen LogP contribution is -2.33. The molecule has 0 amide bonds. The van der Waals surface area contributed by atoms with Crippen LogP contribution in [0.15, 0.2) is 28.5 Å². The number of nitrogens with one attached hydrogen (secondary N) is 1. The largest absolute Gasteiger partial charge is 0.492 e. The molecule has 1 aromatic heterocycles. The molecule has 2 aromatic rings. The third kappa shape index (κ3) is 3.92. The van der Waals surface area contributed by atoms with Crippen molar-refractivity contribution in [2.24, 2.45) is 0 Å². The molecule has 0 radical (unpaired) electrons. The van der Waals surface area contributed by atoms with Crippen LogP contribution in [0, 0.1) is 5.82 Å². The Morgan fingerprint density at radius 2 is 2.16 bits per heavy atom. The molecule has 1 aromatic carbocycles. The number of carboxylic acid groups (broad SMARTS) is 1. The van der Waals surface area contributed by atoms with Gasteiger partial charge < -0.3 is 19.3 Å². The lowest BCUT2D eigenvalue weighted by molar-refractivity contribution is 0.0695. The summed E-state index contributed by atoms with van der Waals surface area (Å²) in [6, 6.07) is 1.11. The molecule has 1 saturated carbocycles. The Morgan fingerprint density at radius 1 is 1.42 bits per heavy atom. The first-order valence-corrected chi connectivity index (χ1v) is 10.7. The molecule has 2 aliphatic rings. The number of ether oxygens (including phenoxy) is 1. The first-order chi connectivity index (χ1) is 14.9. The van der Waals surface area contributed by atoms with E-state index in [1.165, 1.54) is 13.3 Å². The van der Waals surface area contributed by atoms with E-state index in [0.29, 0.717) is 30.5 Å². The molecule has 4 rings (SSSR count). The van der Waals surface area contributed by atoms with Crippen LogP contribution in [0.5, 0.6) is 5.75 Å². The Kier molecular flexibility index (Phi) is 5.99. The minimum Gasteiger partial charge on any atom is -0.492 e. The minimum absolute atomic E-state index is 0.0239. The van der Waals surface area contributed by atoms with E-state index < -0.39 is 22.8 Å². The standard InChI is InChI=1S/C21H24F2N3O4P/c1-30-20-17-13(19(27)14(21(28)29)10-26(17)12-4-5-12)7-15(22)18(20)25-6-2-3-11(9-25)16(23)8-24-31/h7,10,12,24H,2-6,8-9,31H2,1H3,(H,28,29)/b16-11+. The number of aromatic carboxylic acids is 1. The molecule has 0 spiro atoms. The fraction of sp³-hybridized carbons (Fsp3) is 0.429. The zero-order valence-electron chi connectivity index (χ0n) is 17.1. The van der Waals surface area contributed by atoms with E-state index in [4.69, 9.17) is 4.74 Å². The number of rotatable bonds is 6. The van der Waals surface area contributed by atoms with E-state index in [1.807, 2.05) is 0 Å². The molecule has 2 heterocycles. The van der Waals surface area contributed by atoms with E-state index in [-0.39, 0.29) is 41.8 Å². The van der Waals surface area contributed by atoms with Crippen molar-refractivity contribution in [2.45, 2.75) is 31.7 Å². The van der Waals surface area contributed by atoms with Gasteiger partial charge in [0.25, 0.3) is 0 Å². The number of carboxylic acids is 1. The van der Waals surface area contributed by atoms with Gasteiger partial charge in [0.1, 0.15) is 17.1 Å². The fourth-order valence-electron chi connectivity index (χ4n) is 4.22. The second-order valence-electron chi connectivity index (χ2n) is 7.87. The van der Waals surface area contributed by atoms with Gasteiger partial charge in [-0.05, 0) is 37.3 Å². The number of anilines is 1. The molecule has 0 bridgehead atoms. The van der Waals surface area contributed by atoms with Crippen LogP contribution >= 0.6 is 9.39 Å². The van der Waals surface area contributed by atoms with Crippen LogP contribution in [0.1, 0.15) is 42.1 Å². The van der Waals surface area contributed by atoms with Crippen LogP contribution in [-0.2, 0) is 0 Å². The molecule has 31 heavy (non-hydrogen) atoms. The predicted molar refractivity (Wildman–Crippen MR) is 117 cm³/mol. The number of hydrogen-bond acceptors (Lipinski definition) is 5. The topological polar surface area (TPSA) is 83.8 Å². The predicted octanol–water partition coefficient (Wildman–Crippen LogP) is 3.39. The van der Waals surface area contributed by atoms with Crippen molar-refractivity contribution in [1.29, 1.82) is 0 Å². The SMILES string of the molecule is COc1c(N2CCC/C(=C(\F)CNP)C2)c(F)cc2c(=O)c(C(=O)O)cn(C3CC3)c12. The van der Waals surface area contributed by atoms with Gasteiger partial charge in [0.2, 0.25) is 5.43 Å². The van der Waals surface area contributed by atoms with Crippen LogP contribution in [0.3, 0.4) is 0 Å². The maximum atomic E-state index is 15.3. The smallest absolute Gasteiger partial charge is 0.341 e. The van der Waals surface area contributed by atoms with Crippen LogP contribution in [0.25, 0.3) is 10.9 Å². The van der Waals surface area contributed by atoms with Crippen LogP contribution in [0.2, 0.25) is 0 Å². The number of benzene rings is 1. The summed E-state index contributed by atoms with van der Waals surface area (Å²) in [6.45, 7) is 0.785. The Morgan fingerprint density at radius 3 is 2.77 bits per heavy atom. The Balaban J connectivity index is 1.93. The number of pyridine rings is 1. The Hall–Kier alpha value is -2.51. The summed E-state index contributed by atoms with van der Waals surface area (Å²) < 4.78 is 37.1. The number of nitrogens with zero attached hydrogens (tertiary/aromatic N) is 2. The third-order valence-electron chi connectivity index (χ3n) is 5.82. The van der Waals surface area contributed by atoms with Gasteiger partial charge in [0, 0.05) is 25.3 Å². The van der Waals surface area contributed by atoms with Gasteiger partial charge in [0.05, 0.1) is 24.6 Å². The van der Waals surface area contributed by atoms with E-state index in [0.717, 1.165) is 18.9 Å². The molecule has 2 fully saturated rings. The van der Waals surface area contributed by atoms with Gasteiger partial charge in [-0.15, -0.1) is 0 Å². The van der Waals surface area contributed by atoms with Crippen molar-refractivity contribution in [3.8, 4) is 5.75 Å². The molecule has 10 heteroatoms. The zero-order valence-corrected chi connectivity index (χ0v) is 18.2. The summed E-state index contributed by atoms with van der Waals surface area (Å²) in [4.78, 5) is 26.1. The van der Waals surface area contributed by atoms with Gasteiger partial charge in [-0.3, -0.25) is 9.88 Å². The van der Waals surface area contributed by atoms with Crippen molar-refractivity contribution < 1.29 is 23.4 Å². The van der Waals surface area contributed by atoms with Crippen LogP contribution in [-0.4, -0.2) is 42.4 Å². The number of aromatic nitrogens is 1. The number of fused-ring (bicyclic) bond motifs is 1. The monoisotopic (exact) mass is 451 g/mol. The Bertz CT molecular complexity index is 1140. The van der Waals surface area contributed by atoms with E-state index in [9.17, 15) is 19.1 Å². The van der Waals surface area contributed by atoms with Crippen molar-refractivity contribution >= 4 is 32.0 Å². The summed E-state index contributed by atoms with van der Waals surface area (Å²) in [7, 11) is 3.65. The second kappa shape index (κ2) is 8.55. The lowest BCUT2D eigenvalue weighted by atomic mass is 10.0. The number of halogens is 2. The van der Waals surface area contributed by atoms with Gasteiger partial charge >= 0.3 is 5.97 Å². The Labute approximate surface area is 179 Å². The second-order valence-corrected chi connectivity index (χ2v) is 8.27. The molecule has 2 N–H and O–H groups in total. The number of hydrogen-bond donors (Lipinski definition) is 2. The normalized spacial score (nSPS) is 18.4. The molecule has 1 atom stereocenters. The zero-order chi connectivity index (χ0) is 22.3.